The summed E-state index contributed by atoms with van der Waals surface area (Å²) in [5.74, 6) is 0. The van der Waals surface area contributed by atoms with Crippen LogP contribution < -0.4 is 0 Å². The third kappa shape index (κ3) is 19.2. The van der Waals surface area contributed by atoms with Crippen molar-refractivity contribution < 1.29 is 13.3 Å². The zero-order valence-corrected chi connectivity index (χ0v) is 22.1. The van der Waals surface area contributed by atoms with Crippen molar-refractivity contribution in [2.75, 3.05) is 19.8 Å². The second kappa shape index (κ2) is 24.2. The maximum atomic E-state index is 5.78. The van der Waals surface area contributed by atoms with Crippen LogP contribution in [-0.2, 0) is 13.3 Å². The summed E-state index contributed by atoms with van der Waals surface area (Å²) < 4.78 is 17.3. The third-order valence-electron chi connectivity index (χ3n) is 4.70. The van der Waals surface area contributed by atoms with Crippen LogP contribution in [0.15, 0.2) is 72.5 Å². The molecule has 32 heavy (non-hydrogen) atoms. The van der Waals surface area contributed by atoms with E-state index in [9.17, 15) is 0 Å². The minimum atomic E-state index is -2.69. The molecule has 0 fully saturated rings. The lowest BCUT2D eigenvalue weighted by Gasteiger charge is -2.25. The van der Waals surface area contributed by atoms with Gasteiger partial charge in [0.1, 0.15) is 0 Å². The molecule has 0 amide bonds. The molecule has 0 unspecified atom stereocenters. The first kappa shape index (κ1) is 30.5. The van der Waals surface area contributed by atoms with Crippen molar-refractivity contribution in [3.63, 3.8) is 0 Å². The fourth-order valence-corrected chi connectivity index (χ4v) is 5.22. The molecule has 0 aromatic carbocycles. The molecular formula is C28H48O3Si. The van der Waals surface area contributed by atoms with E-state index >= 15 is 0 Å². The first-order valence-corrected chi connectivity index (χ1v) is 14.5. The van der Waals surface area contributed by atoms with E-state index in [1.54, 1.807) is 0 Å². The summed E-state index contributed by atoms with van der Waals surface area (Å²) in [5, 5.41) is 0. The van der Waals surface area contributed by atoms with E-state index in [0.717, 1.165) is 0 Å². The highest BCUT2D eigenvalue weighted by Gasteiger charge is 2.37. The van der Waals surface area contributed by atoms with Crippen molar-refractivity contribution in [1.82, 2.24) is 0 Å². The fourth-order valence-electron chi connectivity index (χ4n) is 3.13. The molecule has 182 valence electrons. The monoisotopic (exact) mass is 460 g/mol. The molecule has 0 saturated carbocycles. The van der Waals surface area contributed by atoms with Gasteiger partial charge in [-0.15, -0.1) is 0 Å². The average molecular weight is 461 g/mol. The molecule has 0 spiro atoms. The molecule has 0 aliphatic carbocycles. The van der Waals surface area contributed by atoms with Crippen molar-refractivity contribution in [3.8, 4) is 0 Å². The van der Waals surface area contributed by atoms with Crippen LogP contribution >= 0.6 is 0 Å². The summed E-state index contributed by atoms with van der Waals surface area (Å²) in [6.07, 6.45) is 34.7. The molecule has 0 aliphatic rings. The Kier molecular flexibility index (Phi) is 23.1. The minimum Gasteiger partial charge on any atom is -0.371 e. The molecule has 3 nitrogen and oxygen atoms in total. The zero-order valence-electron chi connectivity index (χ0n) is 21.1. The Labute approximate surface area is 200 Å². The molecule has 0 aliphatic heterocycles. The standard InChI is InChI=1S/C28H48O3Si/c1-5-9-10-11-12-13-14-15-16-17-18-19-20-21-22-23-24-25-26-27-28-32(29-6-2,30-7-3)31-8-4/h17-28H,5-16H2,1-4H3. The van der Waals surface area contributed by atoms with Crippen molar-refractivity contribution >= 4 is 8.80 Å². The molecule has 0 aromatic rings. The summed E-state index contributed by atoms with van der Waals surface area (Å²) in [7, 11) is -2.69. The molecule has 0 bridgehead atoms. The van der Waals surface area contributed by atoms with E-state index in [4.69, 9.17) is 13.3 Å². The predicted molar refractivity (Wildman–Crippen MR) is 143 cm³/mol. The number of rotatable bonds is 21. The summed E-state index contributed by atoms with van der Waals surface area (Å²) >= 11 is 0. The number of unbranched alkanes of at least 4 members (excludes halogenated alkanes) is 8. The molecule has 4 heteroatoms. The smallest absolute Gasteiger partial charge is 0.371 e. The van der Waals surface area contributed by atoms with Crippen LogP contribution in [0.3, 0.4) is 0 Å². The van der Waals surface area contributed by atoms with Crippen molar-refractivity contribution in [2.45, 2.75) is 85.5 Å². The number of allylic oxidation sites excluding steroid dienone is 11. The van der Waals surface area contributed by atoms with Crippen molar-refractivity contribution in [1.29, 1.82) is 0 Å². The highest BCUT2D eigenvalue weighted by molar-refractivity contribution is 6.66. The normalized spacial score (nSPS) is 13.5. The van der Waals surface area contributed by atoms with E-state index in [1.165, 1.54) is 57.8 Å². The van der Waals surface area contributed by atoms with E-state index in [0.29, 0.717) is 19.8 Å². The summed E-state index contributed by atoms with van der Waals surface area (Å²) in [6, 6.07) is 0. The van der Waals surface area contributed by atoms with Crippen molar-refractivity contribution in [3.05, 3.63) is 72.5 Å². The Morgan fingerprint density at radius 2 is 0.875 bits per heavy atom. The fraction of sp³-hybridized carbons (Fsp3) is 0.571. The maximum Gasteiger partial charge on any atom is 0.529 e. The highest BCUT2D eigenvalue weighted by atomic mass is 28.4. The molecule has 0 saturated heterocycles. The molecule has 0 rings (SSSR count). The van der Waals surface area contributed by atoms with E-state index in [-0.39, 0.29) is 0 Å². The van der Waals surface area contributed by atoms with Gasteiger partial charge < -0.3 is 13.3 Å². The lowest BCUT2D eigenvalue weighted by Crippen LogP contribution is -2.44. The van der Waals surface area contributed by atoms with Gasteiger partial charge in [-0.25, -0.2) is 0 Å². The molecule has 0 heterocycles. The number of hydrogen-bond acceptors (Lipinski definition) is 3. The topological polar surface area (TPSA) is 27.7 Å². The van der Waals surface area contributed by atoms with Gasteiger partial charge in [0.05, 0.1) is 0 Å². The van der Waals surface area contributed by atoms with E-state index in [1.807, 2.05) is 69.0 Å². The SMILES string of the molecule is CCCCCCCCCCC=CC=CC=CC=CC=CC=C[Si](OCC)(OCC)OCC. The Hall–Kier alpha value is -1.46. The number of hydrogen-bond donors (Lipinski definition) is 0. The maximum absolute atomic E-state index is 5.78. The van der Waals surface area contributed by atoms with Crippen molar-refractivity contribution in [2.24, 2.45) is 0 Å². The highest BCUT2D eigenvalue weighted by Crippen LogP contribution is 2.12. The Balaban J connectivity index is 4.02. The Bertz CT molecular complexity index is 556. The first-order chi connectivity index (χ1) is 15.7. The molecule has 0 atom stereocenters. The van der Waals surface area contributed by atoms with Gasteiger partial charge in [0.15, 0.2) is 0 Å². The van der Waals surface area contributed by atoms with Gasteiger partial charge in [-0.3, -0.25) is 0 Å². The van der Waals surface area contributed by atoms with Crippen LogP contribution in [0.2, 0.25) is 0 Å². The molecular weight excluding hydrogens is 412 g/mol. The third-order valence-corrected chi connectivity index (χ3v) is 7.37. The quantitative estimate of drug-likeness (QED) is 0.0976. The second-order valence-electron chi connectivity index (χ2n) is 7.49. The Morgan fingerprint density at radius 3 is 1.34 bits per heavy atom. The minimum absolute atomic E-state index is 0.576. The van der Waals surface area contributed by atoms with Gasteiger partial charge >= 0.3 is 8.80 Å². The van der Waals surface area contributed by atoms with Gasteiger partial charge in [0.25, 0.3) is 0 Å². The van der Waals surface area contributed by atoms with Gasteiger partial charge in [0.2, 0.25) is 0 Å². The molecule has 0 aromatic heterocycles. The van der Waals surface area contributed by atoms with Crippen LogP contribution in [0.25, 0.3) is 0 Å². The molecule has 0 radical (unpaired) electrons. The van der Waals surface area contributed by atoms with Crippen LogP contribution in [0, 0.1) is 0 Å². The van der Waals surface area contributed by atoms with Gasteiger partial charge in [-0.1, -0.05) is 119 Å². The summed E-state index contributed by atoms with van der Waals surface area (Å²) in [6.45, 7) is 9.88. The Morgan fingerprint density at radius 1 is 0.469 bits per heavy atom. The lowest BCUT2D eigenvalue weighted by atomic mass is 10.1. The van der Waals surface area contributed by atoms with Gasteiger partial charge in [-0.05, 0) is 39.3 Å². The van der Waals surface area contributed by atoms with Gasteiger partial charge in [-0.2, -0.15) is 0 Å². The average Bonchev–Trinajstić information content (AvgIpc) is 2.78. The van der Waals surface area contributed by atoms with Crippen LogP contribution in [0.5, 0.6) is 0 Å². The summed E-state index contributed by atoms with van der Waals surface area (Å²) in [5.41, 5.74) is 1.94. The predicted octanol–water partition coefficient (Wildman–Crippen LogP) is 8.44. The molecule has 0 N–H and O–H groups in total. The largest absolute Gasteiger partial charge is 0.529 e. The van der Waals surface area contributed by atoms with Crippen LogP contribution in [0.1, 0.15) is 85.5 Å². The van der Waals surface area contributed by atoms with E-state index < -0.39 is 8.80 Å². The van der Waals surface area contributed by atoms with Gasteiger partial charge in [0, 0.05) is 19.8 Å². The van der Waals surface area contributed by atoms with Crippen LogP contribution in [0.4, 0.5) is 0 Å². The first-order valence-electron chi connectivity index (χ1n) is 12.7. The zero-order chi connectivity index (χ0) is 23.6. The summed E-state index contributed by atoms with van der Waals surface area (Å²) in [4.78, 5) is 0. The van der Waals surface area contributed by atoms with E-state index in [2.05, 4.69) is 31.2 Å². The second-order valence-corrected chi connectivity index (χ2v) is 9.90. The lowest BCUT2D eigenvalue weighted by molar-refractivity contribution is 0.0843. The van der Waals surface area contributed by atoms with Crippen LogP contribution in [-0.4, -0.2) is 28.6 Å².